The Hall–Kier alpha value is -3.55. The number of hydrogen-bond donors (Lipinski definition) is 1. The Morgan fingerprint density at radius 3 is 2.45 bits per heavy atom. The molecular formula is C25H29N3O5. The second-order valence-corrected chi connectivity index (χ2v) is 8.49. The van der Waals surface area contributed by atoms with E-state index >= 15 is 0 Å². The van der Waals surface area contributed by atoms with E-state index in [1.54, 1.807) is 11.8 Å². The summed E-state index contributed by atoms with van der Waals surface area (Å²) < 4.78 is 10.7. The highest BCUT2D eigenvalue weighted by Gasteiger charge is 2.49. The number of carbonyl (C=O) groups excluding carboxylic acids is 3. The molecule has 2 heterocycles. The first-order valence-electron chi connectivity index (χ1n) is 11.3. The molecule has 0 aliphatic carbocycles. The van der Waals surface area contributed by atoms with Gasteiger partial charge in [0, 0.05) is 13.1 Å². The van der Waals surface area contributed by atoms with Crippen LogP contribution in [-0.4, -0.2) is 47.5 Å². The van der Waals surface area contributed by atoms with E-state index in [9.17, 15) is 14.4 Å². The monoisotopic (exact) mass is 451 g/mol. The van der Waals surface area contributed by atoms with Gasteiger partial charge in [0.05, 0.1) is 0 Å². The molecule has 0 bridgehead atoms. The van der Waals surface area contributed by atoms with E-state index in [0.29, 0.717) is 30.2 Å². The number of ether oxygens (including phenoxy) is 2. The first-order valence-corrected chi connectivity index (χ1v) is 11.3. The minimum Gasteiger partial charge on any atom is -0.454 e. The van der Waals surface area contributed by atoms with Crippen molar-refractivity contribution in [2.75, 3.05) is 19.9 Å². The number of fused-ring (bicyclic) bond motifs is 1. The van der Waals surface area contributed by atoms with Crippen LogP contribution in [0, 0.1) is 0 Å². The fourth-order valence-electron chi connectivity index (χ4n) is 4.20. The Kier molecular flexibility index (Phi) is 6.26. The van der Waals surface area contributed by atoms with E-state index in [0.717, 1.165) is 23.3 Å². The summed E-state index contributed by atoms with van der Waals surface area (Å²) in [5.74, 6) is 0.588. The number of rotatable bonds is 8. The van der Waals surface area contributed by atoms with Gasteiger partial charge in [0.1, 0.15) is 12.1 Å². The molecule has 4 amide bonds. The van der Waals surface area contributed by atoms with E-state index in [-0.39, 0.29) is 19.2 Å². The van der Waals surface area contributed by atoms with Crippen LogP contribution in [0.4, 0.5) is 4.79 Å². The zero-order valence-electron chi connectivity index (χ0n) is 19.2. The Bertz CT molecular complexity index is 1070. The van der Waals surface area contributed by atoms with Gasteiger partial charge < -0.3 is 19.7 Å². The molecule has 0 saturated carbocycles. The number of urea groups is 1. The lowest BCUT2D eigenvalue weighted by molar-refractivity contribution is -0.139. The summed E-state index contributed by atoms with van der Waals surface area (Å²) in [5.41, 5.74) is 1.55. The number of carbonyl (C=O) groups is 3. The molecule has 1 fully saturated rings. The highest BCUT2D eigenvalue weighted by Crippen LogP contribution is 2.33. The number of likely N-dealkylation sites (N-methyl/N-ethyl adjacent to an activating group) is 1. The fourth-order valence-corrected chi connectivity index (χ4v) is 4.20. The van der Waals surface area contributed by atoms with Crippen molar-refractivity contribution in [2.45, 2.75) is 45.7 Å². The van der Waals surface area contributed by atoms with Crippen LogP contribution in [0.15, 0.2) is 42.5 Å². The molecule has 0 aromatic heterocycles. The second-order valence-electron chi connectivity index (χ2n) is 8.49. The molecule has 33 heavy (non-hydrogen) atoms. The molecule has 4 rings (SSSR count). The van der Waals surface area contributed by atoms with Gasteiger partial charge in [-0.3, -0.25) is 14.5 Å². The van der Waals surface area contributed by atoms with Crippen molar-refractivity contribution in [2.24, 2.45) is 0 Å². The molecule has 1 saturated heterocycles. The van der Waals surface area contributed by atoms with Crippen LogP contribution < -0.4 is 14.8 Å². The van der Waals surface area contributed by atoms with Crippen LogP contribution in [0.2, 0.25) is 0 Å². The van der Waals surface area contributed by atoms with Gasteiger partial charge in [-0.15, -0.1) is 0 Å². The number of nitrogens with zero attached hydrogens (tertiary/aromatic N) is 2. The number of nitrogens with one attached hydrogen (secondary N) is 1. The van der Waals surface area contributed by atoms with Crippen LogP contribution >= 0.6 is 0 Å². The zero-order valence-corrected chi connectivity index (χ0v) is 19.2. The van der Waals surface area contributed by atoms with Crippen molar-refractivity contribution in [3.8, 4) is 11.5 Å². The number of amides is 4. The molecule has 2 aromatic rings. The van der Waals surface area contributed by atoms with Gasteiger partial charge >= 0.3 is 6.03 Å². The van der Waals surface area contributed by atoms with Gasteiger partial charge in [-0.25, -0.2) is 4.79 Å². The minimum atomic E-state index is -1.20. The molecule has 2 aliphatic heterocycles. The number of imide groups is 1. The number of aryl methyl sites for hydroxylation is 1. The van der Waals surface area contributed by atoms with Gasteiger partial charge in [-0.1, -0.05) is 43.7 Å². The van der Waals surface area contributed by atoms with E-state index < -0.39 is 17.5 Å². The average molecular weight is 452 g/mol. The van der Waals surface area contributed by atoms with Crippen molar-refractivity contribution in [1.82, 2.24) is 15.1 Å². The van der Waals surface area contributed by atoms with Crippen molar-refractivity contribution < 1.29 is 23.9 Å². The molecular weight excluding hydrogens is 422 g/mol. The van der Waals surface area contributed by atoms with Crippen molar-refractivity contribution >= 4 is 17.8 Å². The Morgan fingerprint density at radius 1 is 1.06 bits per heavy atom. The first kappa shape index (κ1) is 22.6. The summed E-state index contributed by atoms with van der Waals surface area (Å²) in [7, 11) is 0. The normalized spacial score (nSPS) is 19.1. The Labute approximate surface area is 193 Å². The van der Waals surface area contributed by atoms with Crippen LogP contribution in [0.25, 0.3) is 0 Å². The minimum absolute atomic E-state index is 0.182. The summed E-state index contributed by atoms with van der Waals surface area (Å²) in [4.78, 5) is 41.5. The average Bonchev–Trinajstić information content (AvgIpc) is 3.36. The van der Waals surface area contributed by atoms with Crippen LogP contribution in [-0.2, 0) is 28.1 Å². The molecule has 1 N–H and O–H groups in total. The molecule has 8 heteroatoms. The summed E-state index contributed by atoms with van der Waals surface area (Å²) >= 11 is 0. The third-order valence-corrected chi connectivity index (χ3v) is 6.18. The molecule has 2 aromatic carbocycles. The predicted octanol–water partition coefficient (Wildman–Crippen LogP) is 3.18. The topological polar surface area (TPSA) is 88.2 Å². The lowest BCUT2D eigenvalue weighted by Gasteiger charge is -2.25. The van der Waals surface area contributed by atoms with Gasteiger partial charge in [-0.05, 0) is 49.1 Å². The van der Waals surface area contributed by atoms with Crippen molar-refractivity contribution in [1.29, 1.82) is 0 Å². The molecule has 2 aliphatic rings. The van der Waals surface area contributed by atoms with Crippen LogP contribution in [0.1, 0.15) is 43.9 Å². The van der Waals surface area contributed by atoms with Crippen LogP contribution in [0.3, 0.4) is 0 Å². The fraction of sp³-hybridized carbons (Fsp3) is 0.400. The summed E-state index contributed by atoms with van der Waals surface area (Å²) in [6.07, 6.45) is 1.98. The highest BCUT2D eigenvalue weighted by atomic mass is 16.7. The van der Waals surface area contributed by atoms with Crippen molar-refractivity contribution in [3.05, 3.63) is 59.2 Å². The third-order valence-electron chi connectivity index (χ3n) is 6.18. The SMILES string of the molecule is CCCc1ccc(C2(C)NC(=O)N(CC(=O)N(CC)Cc3ccc4c(c3)OCO4)C2=O)cc1. The van der Waals surface area contributed by atoms with E-state index in [2.05, 4.69) is 12.2 Å². The smallest absolute Gasteiger partial charge is 0.325 e. The summed E-state index contributed by atoms with van der Waals surface area (Å²) in [6, 6.07) is 12.6. The third kappa shape index (κ3) is 4.37. The number of hydrogen-bond acceptors (Lipinski definition) is 5. The zero-order chi connectivity index (χ0) is 23.6. The van der Waals surface area contributed by atoms with E-state index in [4.69, 9.17) is 9.47 Å². The van der Waals surface area contributed by atoms with Gasteiger partial charge in [0.25, 0.3) is 5.91 Å². The van der Waals surface area contributed by atoms with Gasteiger partial charge in [-0.2, -0.15) is 0 Å². The molecule has 1 atom stereocenters. The summed E-state index contributed by atoms with van der Waals surface area (Å²) in [6.45, 7) is 6.29. The van der Waals surface area contributed by atoms with E-state index in [1.165, 1.54) is 5.56 Å². The quantitative estimate of drug-likeness (QED) is 0.623. The van der Waals surface area contributed by atoms with E-state index in [1.807, 2.05) is 49.4 Å². The first-order chi connectivity index (χ1) is 15.9. The van der Waals surface area contributed by atoms with Crippen LogP contribution in [0.5, 0.6) is 11.5 Å². The van der Waals surface area contributed by atoms with Gasteiger partial charge in [0.15, 0.2) is 11.5 Å². The van der Waals surface area contributed by atoms with Gasteiger partial charge in [0.2, 0.25) is 12.7 Å². The second kappa shape index (κ2) is 9.13. The standard InChI is InChI=1S/C25H29N3O5/c1-4-6-17-7-10-19(11-8-17)25(3)23(30)28(24(31)26-25)15-22(29)27(5-2)14-18-9-12-20-21(13-18)33-16-32-20/h7-13H,4-6,14-16H2,1-3H3,(H,26,31). The maximum Gasteiger partial charge on any atom is 0.325 e. The Balaban J connectivity index is 1.45. The Morgan fingerprint density at radius 2 is 1.76 bits per heavy atom. The molecule has 174 valence electrons. The predicted molar refractivity (Wildman–Crippen MR) is 122 cm³/mol. The van der Waals surface area contributed by atoms with Crippen molar-refractivity contribution in [3.63, 3.8) is 0 Å². The molecule has 1 unspecified atom stereocenters. The largest absolute Gasteiger partial charge is 0.454 e. The lowest BCUT2D eigenvalue weighted by atomic mass is 9.91. The maximum absolute atomic E-state index is 13.2. The number of benzene rings is 2. The summed E-state index contributed by atoms with van der Waals surface area (Å²) in [5, 5.41) is 2.77. The lowest BCUT2D eigenvalue weighted by Crippen LogP contribution is -2.44. The molecule has 0 spiro atoms. The molecule has 0 radical (unpaired) electrons. The highest BCUT2D eigenvalue weighted by molar-refractivity contribution is 6.09. The molecule has 8 nitrogen and oxygen atoms in total. The maximum atomic E-state index is 13.2.